The summed E-state index contributed by atoms with van der Waals surface area (Å²) in [6, 6.07) is 11.4. The molecule has 0 unspecified atom stereocenters. The number of nitrogens with two attached hydrogens (primary N) is 1. The number of nitrogens with zero attached hydrogens (tertiary/aromatic N) is 1. The first kappa shape index (κ1) is 19.2. The summed E-state index contributed by atoms with van der Waals surface area (Å²) in [7, 11) is 1.62. The van der Waals surface area contributed by atoms with Crippen LogP contribution in [0.2, 0.25) is 0 Å². The van der Waals surface area contributed by atoms with Crippen molar-refractivity contribution in [3.8, 4) is 5.75 Å². The Bertz CT molecular complexity index is 851. The Morgan fingerprint density at radius 2 is 1.93 bits per heavy atom. The Kier molecular flexibility index (Phi) is 5.65. The van der Waals surface area contributed by atoms with Gasteiger partial charge in [-0.25, -0.2) is 0 Å². The van der Waals surface area contributed by atoms with Crippen LogP contribution in [-0.4, -0.2) is 48.6 Å². The van der Waals surface area contributed by atoms with Gasteiger partial charge in [0, 0.05) is 19.6 Å². The number of carbonyl (C=O) groups excluding carboxylic acids is 1. The van der Waals surface area contributed by atoms with Gasteiger partial charge in [0.2, 0.25) is 5.91 Å². The molecule has 2 aromatic rings. The molecule has 1 fully saturated rings. The van der Waals surface area contributed by atoms with Gasteiger partial charge in [-0.15, -0.1) is 0 Å². The first-order valence-corrected chi connectivity index (χ1v) is 9.19. The molecule has 27 heavy (non-hydrogen) atoms. The molecule has 0 aromatic heterocycles. The number of carbonyl (C=O) groups is 2. The zero-order valence-corrected chi connectivity index (χ0v) is 15.7. The van der Waals surface area contributed by atoms with E-state index in [0.717, 1.165) is 35.1 Å². The quantitative estimate of drug-likeness (QED) is 0.815. The highest BCUT2D eigenvalue weighted by Crippen LogP contribution is 2.28. The van der Waals surface area contributed by atoms with E-state index in [2.05, 4.69) is 11.8 Å². The third-order valence-electron chi connectivity index (χ3n) is 5.35. The molecule has 0 bridgehead atoms. The highest BCUT2D eigenvalue weighted by molar-refractivity contribution is 5.86. The monoisotopic (exact) mass is 370 g/mol. The van der Waals surface area contributed by atoms with Gasteiger partial charge in [-0.05, 0) is 40.8 Å². The molecule has 1 heterocycles. The van der Waals surface area contributed by atoms with Crippen molar-refractivity contribution >= 4 is 22.6 Å². The maximum atomic E-state index is 12.0. The Hall–Kier alpha value is -2.60. The molecule has 0 spiro atoms. The van der Waals surface area contributed by atoms with Crippen molar-refractivity contribution < 1.29 is 19.4 Å². The average Bonchev–Trinajstić information content (AvgIpc) is 2.64. The molecule has 0 saturated carbocycles. The standard InChI is InChI=1S/C21H26N2O4/c1-13-7-17(20(22)24)11-23(10-13)12-19(21(25)26)16-4-3-15-9-18(27-2)6-5-14(15)8-16/h3-6,8-9,13,17,19H,7,10-12H2,1-2H3,(H2,22,24)(H,25,26)/t13-,17-,19+/m1/s1. The maximum Gasteiger partial charge on any atom is 0.312 e. The maximum absolute atomic E-state index is 12.0. The minimum atomic E-state index is -0.864. The Labute approximate surface area is 158 Å². The Morgan fingerprint density at radius 1 is 1.22 bits per heavy atom. The number of methoxy groups -OCH3 is 1. The van der Waals surface area contributed by atoms with E-state index in [1.54, 1.807) is 7.11 Å². The van der Waals surface area contributed by atoms with Crippen LogP contribution >= 0.6 is 0 Å². The number of ether oxygens (including phenoxy) is 1. The summed E-state index contributed by atoms with van der Waals surface area (Å²) in [6.07, 6.45) is 0.765. The third-order valence-corrected chi connectivity index (χ3v) is 5.35. The second kappa shape index (κ2) is 7.96. The number of likely N-dealkylation sites (tertiary alicyclic amines) is 1. The Balaban J connectivity index is 1.84. The number of benzene rings is 2. The first-order valence-electron chi connectivity index (χ1n) is 9.19. The molecule has 1 aliphatic heterocycles. The van der Waals surface area contributed by atoms with E-state index >= 15 is 0 Å². The molecule has 3 N–H and O–H groups in total. The van der Waals surface area contributed by atoms with Crippen molar-refractivity contribution in [1.82, 2.24) is 4.90 Å². The summed E-state index contributed by atoms with van der Waals surface area (Å²) in [5.41, 5.74) is 6.25. The van der Waals surface area contributed by atoms with Gasteiger partial charge < -0.3 is 20.5 Å². The fourth-order valence-electron chi connectivity index (χ4n) is 3.99. The molecule has 144 valence electrons. The number of carboxylic acids is 1. The zero-order chi connectivity index (χ0) is 19.6. The summed E-state index contributed by atoms with van der Waals surface area (Å²) in [4.78, 5) is 25.6. The van der Waals surface area contributed by atoms with Crippen molar-refractivity contribution in [3.63, 3.8) is 0 Å². The van der Waals surface area contributed by atoms with Crippen LogP contribution in [0.1, 0.15) is 24.8 Å². The molecular weight excluding hydrogens is 344 g/mol. The molecular formula is C21H26N2O4. The molecule has 1 amide bonds. The van der Waals surface area contributed by atoms with E-state index in [9.17, 15) is 14.7 Å². The molecule has 6 heteroatoms. The number of hydrogen-bond donors (Lipinski definition) is 2. The number of fused-ring (bicyclic) bond motifs is 1. The van der Waals surface area contributed by atoms with Crippen molar-refractivity contribution in [1.29, 1.82) is 0 Å². The normalized spacial score (nSPS) is 21.7. The number of aliphatic carboxylic acids is 1. The zero-order valence-electron chi connectivity index (χ0n) is 15.7. The number of primary amides is 1. The van der Waals surface area contributed by atoms with Crippen LogP contribution < -0.4 is 10.5 Å². The lowest BCUT2D eigenvalue weighted by atomic mass is 9.88. The lowest BCUT2D eigenvalue weighted by Crippen LogP contribution is -2.46. The molecule has 0 aliphatic carbocycles. The number of amides is 1. The van der Waals surface area contributed by atoms with Crippen LogP contribution in [0.3, 0.4) is 0 Å². The number of rotatable bonds is 6. The largest absolute Gasteiger partial charge is 0.497 e. The minimum Gasteiger partial charge on any atom is -0.497 e. The van der Waals surface area contributed by atoms with Gasteiger partial charge in [-0.1, -0.05) is 31.2 Å². The highest BCUT2D eigenvalue weighted by Gasteiger charge is 2.31. The predicted molar refractivity (Wildman–Crippen MR) is 104 cm³/mol. The van der Waals surface area contributed by atoms with Crippen LogP contribution in [0.4, 0.5) is 0 Å². The molecule has 3 rings (SSSR count). The lowest BCUT2D eigenvalue weighted by molar-refractivity contribution is -0.139. The predicted octanol–water partition coefficient (Wildman–Crippen LogP) is 2.46. The van der Waals surface area contributed by atoms with E-state index in [0.29, 0.717) is 19.0 Å². The van der Waals surface area contributed by atoms with Crippen LogP contribution in [0.15, 0.2) is 36.4 Å². The lowest BCUT2D eigenvalue weighted by Gasteiger charge is -2.36. The van der Waals surface area contributed by atoms with E-state index in [4.69, 9.17) is 10.5 Å². The second-order valence-electron chi connectivity index (χ2n) is 7.52. The van der Waals surface area contributed by atoms with E-state index < -0.39 is 11.9 Å². The van der Waals surface area contributed by atoms with Crippen LogP contribution in [0.25, 0.3) is 10.8 Å². The van der Waals surface area contributed by atoms with Crippen LogP contribution in [0.5, 0.6) is 5.75 Å². The molecule has 6 nitrogen and oxygen atoms in total. The van der Waals surface area contributed by atoms with Gasteiger partial charge in [-0.2, -0.15) is 0 Å². The molecule has 3 atom stereocenters. The molecule has 2 aromatic carbocycles. The van der Waals surface area contributed by atoms with Crippen molar-refractivity contribution in [2.75, 3.05) is 26.7 Å². The minimum absolute atomic E-state index is 0.215. The van der Waals surface area contributed by atoms with Gasteiger partial charge in [0.05, 0.1) is 18.9 Å². The highest BCUT2D eigenvalue weighted by atomic mass is 16.5. The number of piperidine rings is 1. The number of carboxylic acid groups (broad SMARTS) is 1. The van der Waals surface area contributed by atoms with Crippen LogP contribution in [-0.2, 0) is 9.59 Å². The second-order valence-corrected chi connectivity index (χ2v) is 7.52. The fraction of sp³-hybridized carbons (Fsp3) is 0.429. The summed E-state index contributed by atoms with van der Waals surface area (Å²) >= 11 is 0. The molecule has 1 saturated heterocycles. The van der Waals surface area contributed by atoms with E-state index in [-0.39, 0.29) is 11.8 Å². The topological polar surface area (TPSA) is 92.9 Å². The van der Waals surface area contributed by atoms with Crippen molar-refractivity contribution in [2.45, 2.75) is 19.3 Å². The average molecular weight is 370 g/mol. The summed E-state index contributed by atoms with van der Waals surface area (Å²) in [5, 5.41) is 11.8. The third kappa shape index (κ3) is 4.39. The van der Waals surface area contributed by atoms with Crippen LogP contribution in [0, 0.1) is 11.8 Å². The van der Waals surface area contributed by atoms with Gasteiger partial charge in [0.1, 0.15) is 5.75 Å². The molecule has 0 radical (unpaired) electrons. The first-order chi connectivity index (χ1) is 12.9. The smallest absolute Gasteiger partial charge is 0.312 e. The summed E-state index contributed by atoms with van der Waals surface area (Å²) in [5.74, 6) is -0.961. The van der Waals surface area contributed by atoms with Gasteiger partial charge in [0.25, 0.3) is 0 Å². The summed E-state index contributed by atoms with van der Waals surface area (Å²) in [6.45, 7) is 3.74. The van der Waals surface area contributed by atoms with E-state index in [1.165, 1.54) is 0 Å². The molecule has 1 aliphatic rings. The van der Waals surface area contributed by atoms with E-state index in [1.807, 2.05) is 36.4 Å². The number of hydrogen-bond acceptors (Lipinski definition) is 4. The van der Waals surface area contributed by atoms with Crippen molar-refractivity contribution in [2.24, 2.45) is 17.6 Å². The SMILES string of the molecule is COc1ccc2cc([C@H](CN3C[C@H](C)C[C@@H](C(N)=O)C3)C(=O)O)ccc2c1. The Morgan fingerprint density at radius 3 is 2.59 bits per heavy atom. The summed E-state index contributed by atoms with van der Waals surface area (Å²) < 4.78 is 5.24. The van der Waals surface area contributed by atoms with Gasteiger partial charge in [0.15, 0.2) is 0 Å². The fourth-order valence-corrected chi connectivity index (χ4v) is 3.99. The van der Waals surface area contributed by atoms with Gasteiger partial charge >= 0.3 is 5.97 Å². The van der Waals surface area contributed by atoms with Crippen molar-refractivity contribution in [3.05, 3.63) is 42.0 Å². The van der Waals surface area contributed by atoms with Gasteiger partial charge in [-0.3, -0.25) is 9.59 Å².